The summed E-state index contributed by atoms with van der Waals surface area (Å²) in [6, 6.07) is 6.05. The van der Waals surface area contributed by atoms with Crippen molar-refractivity contribution in [2.24, 2.45) is 11.8 Å². The van der Waals surface area contributed by atoms with E-state index < -0.39 is 11.9 Å². The fourth-order valence-corrected chi connectivity index (χ4v) is 3.09. The lowest BCUT2D eigenvalue weighted by Gasteiger charge is -2.30. The van der Waals surface area contributed by atoms with E-state index in [2.05, 4.69) is 0 Å². The number of nitrogens with zero attached hydrogens (tertiary/aromatic N) is 1. The largest absolute Gasteiger partial charge is 0.466 e. The highest BCUT2D eigenvalue weighted by Gasteiger charge is 2.28. The molecule has 27 heavy (non-hydrogen) atoms. The molecule has 0 saturated carbocycles. The van der Waals surface area contributed by atoms with Crippen LogP contribution >= 0.6 is 0 Å². The van der Waals surface area contributed by atoms with E-state index in [1.165, 1.54) is 12.1 Å². The van der Waals surface area contributed by atoms with Gasteiger partial charge in [-0.2, -0.15) is 0 Å². The Morgan fingerprint density at radius 2 is 1.93 bits per heavy atom. The molecule has 0 spiro atoms. The summed E-state index contributed by atoms with van der Waals surface area (Å²) >= 11 is 0. The number of amides is 1. The molecule has 1 aromatic rings. The van der Waals surface area contributed by atoms with Crippen LogP contribution in [-0.2, 0) is 30.3 Å². The van der Waals surface area contributed by atoms with E-state index in [0.717, 1.165) is 0 Å². The van der Waals surface area contributed by atoms with Crippen LogP contribution < -0.4 is 0 Å². The Bertz CT molecular complexity index is 670. The zero-order valence-corrected chi connectivity index (χ0v) is 15.8. The first-order valence-corrected chi connectivity index (χ1v) is 9.26. The van der Waals surface area contributed by atoms with Crippen LogP contribution in [0.15, 0.2) is 24.3 Å². The molecular weight excluding hydrogens is 353 g/mol. The SMILES string of the molecule is CCOC(=O)C1CCN(C(=O)COC(=O)C(C)Cc2cccc(F)c2)CC1. The number of likely N-dealkylation sites (tertiary alicyclic amines) is 1. The van der Waals surface area contributed by atoms with E-state index in [-0.39, 0.29) is 30.2 Å². The van der Waals surface area contributed by atoms with Gasteiger partial charge in [0.2, 0.25) is 0 Å². The van der Waals surface area contributed by atoms with Gasteiger partial charge in [-0.25, -0.2) is 4.39 Å². The van der Waals surface area contributed by atoms with Gasteiger partial charge in [0.15, 0.2) is 6.61 Å². The summed E-state index contributed by atoms with van der Waals surface area (Å²) in [5.74, 6) is -1.99. The number of carbonyl (C=O) groups is 3. The molecule has 1 atom stereocenters. The third-order valence-electron chi connectivity index (χ3n) is 4.64. The minimum Gasteiger partial charge on any atom is -0.466 e. The zero-order chi connectivity index (χ0) is 19.8. The molecule has 1 heterocycles. The lowest BCUT2D eigenvalue weighted by Crippen LogP contribution is -2.42. The van der Waals surface area contributed by atoms with Crippen LogP contribution in [0.5, 0.6) is 0 Å². The highest BCUT2D eigenvalue weighted by Crippen LogP contribution is 2.19. The summed E-state index contributed by atoms with van der Waals surface area (Å²) in [7, 11) is 0. The van der Waals surface area contributed by atoms with Crippen molar-refractivity contribution in [1.82, 2.24) is 4.90 Å². The van der Waals surface area contributed by atoms with Gasteiger partial charge in [-0.3, -0.25) is 14.4 Å². The summed E-state index contributed by atoms with van der Waals surface area (Å²) in [5, 5.41) is 0. The molecule has 0 N–H and O–H groups in total. The summed E-state index contributed by atoms with van der Waals surface area (Å²) in [5.41, 5.74) is 0.701. The normalized spacial score (nSPS) is 15.9. The molecule has 1 aliphatic rings. The number of benzene rings is 1. The molecule has 1 aliphatic heterocycles. The zero-order valence-electron chi connectivity index (χ0n) is 15.8. The molecule has 0 bridgehead atoms. The van der Waals surface area contributed by atoms with Crippen LogP contribution in [-0.4, -0.2) is 49.0 Å². The molecule has 2 rings (SSSR count). The first-order valence-electron chi connectivity index (χ1n) is 9.26. The van der Waals surface area contributed by atoms with E-state index in [9.17, 15) is 18.8 Å². The summed E-state index contributed by atoms with van der Waals surface area (Å²) in [6.07, 6.45) is 1.44. The second-order valence-corrected chi connectivity index (χ2v) is 6.75. The number of ether oxygens (including phenoxy) is 2. The molecule has 1 aromatic carbocycles. The molecule has 1 amide bonds. The molecular formula is C20H26FNO5. The highest BCUT2D eigenvalue weighted by molar-refractivity contribution is 5.81. The van der Waals surface area contributed by atoms with Gasteiger partial charge in [-0.1, -0.05) is 19.1 Å². The summed E-state index contributed by atoms with van der Waals surface area (Å²) in [4.78, 5) is 37.6. The number of hydrogen-bond donors (Lipinski definition) is 0. The number of piperidine rings is 1. The van der Waals surface area contributed by atoms with E-state index in [0.29, 0.717) is 44.5 Å². The molecule has 7 heteroatoms. The molecule has 1 saturated heterocycles. The van der Waals surface area contributed by atoms with Crippen LogP contribution in [0.1, 0.15) is 32.3 Å². The fraction of sp³-hybridized carbons (Fsp3) is 0.550. The van der Waals surface area contributed by atoms with E-state index >= 15 is 0 Å². The Hall–Kier alpha value is -2.44. The number of hydrogen-bond acceptors (Lipinski definition) is 5. The van der Waals surface area contributed by atoms with Gasteiger partial charge >= 0.3 is 11.9 Å². The number of carbonyl (C=O) groups excluding carboxylic acids is 3. The maximum absolute atomic E-state index is 13.2. The van der Waals surface area contributed by atoms with Gasteiger partial charge in [0.05, 0.1) is 18.4 Å². The summed E-state index contributed by atoms with van der Waals surface area (Å²) < 4.78 is 23.3. The molecule has 148 valence electrons. The van der Waals surface area contributed by atoms with Gasteiger partial charge < -0.3 is 14.4 Å². The lowest BCUT2D eigenvalue weighted by molar-refractivity contribution is -0.156. The van der Waals surface area contributed by atoms with Crippen molar-refractivity contribution >= 4 is 17.8 Å². The minimum atomic E-state index is -0.492. The van der Waals surface area contributed by atoms with Crippen LogP contribution in [0.2, 0.25) is 0 Å². The molecule has 0 aromatic heterocycles. The topological polar surface area (TPSA) is 72.9 Å². The Labute approximate surface area is 158 Å². The van der Waals surface area contributed by atoms with Crippen molar-refractivity contribution in [3.05, 3.63) is 35.6 Å². The van der Waals surface area contributed by atoms with Crippen molar-refractivity contribution in [2.75, 3.05) is 26.3 Å². The Kier molecular flexibility index (Phi) is 7.76. The van der Waals surface area contributed by atoms with Gasteiger partial charge in [-0.05, 0) is 43.9 Å². The smallest absolute Gasteiger partial charge is 0.309 e. The average Bonchev–Trinajstić information content (AvgIpc) is 2.66. The molecule has 6 nitrogen and oxygen atoms in total. The number of halogens is 1. The van der Waals surface area contributed by atoms with Gasteiger partial charge in [0, 0.05) is 13.1 Å². The van der Waals surface area contributed by atoms with Crippen LogP contribution in [0.3, 0.4) is 0 Å². The van der Waals surface area contributed by atoms with Crippen LogP contribution in [0, 0.1) is 17.7 Å². The number of esters is 2. The maximum Gasteiger partial charge on any atom is 0.309 e. The van der Waals surface area contributed by atoms with E-state index in [4.69, 9.17) is 9.47 Å². The van der Waals surface area contributed by atoms with Crippen molar-refractivity contribution < 1.29 is 28.2 Å². The second kappa shape index (κ2) is 10.0. The summed E-state index contributed by atoms with van der Waals surface area (Å²) in [6.45, 7) is 4.36. The van der Waals surface area contributed by atoms with Crippen LogP contribution in [0.4, 0.5) is 4.39 Å². The maximum atomic E-state index is 13.2. The predicted molar refractivity (Wildman–Crippen MR) is 96.2 cm³/mol. The van der Waals surface area contributed by atoms with Gasteiger partial charge in [-0.15, -0.1) is 0 Å². The van der Waals surface area contributed by atoms with Crippen molar-refractivity contribution in [3.63, 3.8) is 0 Å². The lowest BCUT2D eigenvalue weighted by atomic mass is 9.97. The van der Waals surface area contributed by atoms with Crippen molar-refractivity contribution in [3.8, 4) is 0 Å². The quantitative estimate of drug-likeness (QED) is 0.680. The average molecular weight is 379 g/mol. The first kappa shape index (κ1) is 20.9. The van der Waals surface area contributed by atoms with E-state index in [1.807, 2.05) is 0 Å². The fourth-order valence-electron chi connectivity index (χ4n) is 3.09. The molecule has 0 radical (unpaired) electrons. The third kappa shape index (κ3) is 6.34. The second-order valence-electron chi connectivity index (χ2n) is 6.75. The monoisotopic (exact) mass is 379 g/mol. The first-order chi connectivity index (χ1) is 12.9. The Balaban J connectivity index is 1.73. The molecule has 1 fully saturated rings. The van der Waals surface area contributed by atoms with Crippen molar-refractivity contribution in [1.29, 1.82) is 0 Å². The standard InChI is InChI=1S/C20H26FNO5/c1-3-26-20(25)16-7-9-22(10-8-16)18(23)13-27-19(24)14(2)11-15-5-4-6-17(21)12-15/h4-6,12,14,16H,3,7-11,13H2,1-2H3. The molecule has 0 aliphatic carbocycles. The Morgan fingerprint density at radius 1 is 1.22 bits per heavy atom. The Morgan fingerprint density at radius 3 is 2.56 bits per heavy atom. The predicted octanol–water partition coefficient (Wildman–Crippen LogP) is 2.35. The number of rotatable bonds is 7. The van der Waals surface area contributed by atoms with Gasteiger partial charge in [0.25, 0.3) is 5.91 Å². The van der Waals surface area contributed by atoms with E-state index in [1.54, 1.807) is 30.9 Å². The minimum absolute atomic E-state index is 0.178. The highest BCUT2D eigenvalue weighted by atomic mass is 19.1. The van der Waals surface area contributed by atoms with Gasteiger partial charge in [0.1, 0.15) is 5.82 Å². The third-order valence-corrected chi connectivity index (χ3v) is 4.64. The van der Waals surface area contributed by atoms with Crippen molar-refractivity contribution in [2.45, 2.75) is 33.1 Å². The van der Waals surface area contributed by atoms with Crippen LogP contribution in [0.25, 0.3) is 0 Å². The molecule has 1 unspecified atom stereocenters.